The van der Waals surface area contributed by atoms with E-state index in [4.69, 9.17) is 16.3 Å². The third kappa shape index (κ3) is 4.92. The summed E-state index contributed by atoms with van der Waals surface area (Å²) in [6.45, 7) is 0. The molecule has 2 atom stereocenters. The van der Waals surface area contributed by atoms with Gasteiger partial charge in [-0.05, 0) is 31.0 Å². The molecule has 29 heavy (non-hydrogen) atoms. The summed E-state index contributed by atoms with van der Waals surface area (Å²) in [5, 5.41) is 5.53. The highest BCUT2D eigenvalue weighted by atomic mass is 35.5. The highest BCUT2D eigenvalue weighted by Crippen LogP contribution is 2.38. The number of benzene rings is 2. The average molecular weight is 431 g/mol. The van der Waals surface area contributed by atoms with Crippen LogP contribution < -0.4 is 10.6 Å². The first kappa shape index (κ1) is 19.8. The van der Waals surface area contributed by atoms with Crippen LogP contribution in [-0.2, 0) is 19.1 Å². The van der Waals surface area contributed by atoms with Gasteiger partial charge >= 0.3 is 5.97 Å². The smallest absolute Gasteiger partial charge is 0.308 e. The van der Waals surface area contributed by atoms with Gasteiger partial charge in [-0.3, -0.25) is 14.4 Å². The standard InChI is InChI=1S/C21H19ClN2O4S/c22-13-6-9-16-15(10-13)24-20(26)17(29-16)11-18(25)28-19(12-4-2-1-3-5-12)21(27)23-14-7-8-14/h1-6,9-10,14,17,19H,7-8,11H2,(H,23,27)(H,24,26). The number of nitrogens with one attached hydrogen (secondary N) is 2. The second-order valence-electron chi connectivity index (χ2n) is 7.00. The molecule has 1 heterocycles. The Hall–Kier alpha value is -2.51. The maximum Gasteiger partial charge on any atom is 0.308 e. The van der Waals surface area contributed by atoms with E-state index in [0.29, 0.717) is 16.3 Å². The van der Waals surface area contributed by atoms with Gasteiger partial charge in [0, 0.05) is 21.5 Å². The second-order valence-corrected chi connectivity index (χ2v) is 8.68. The second kappa shape index (κ2) is 8.47. The SMILES string of the molecule is O=C(CC1Sc2ccc(Cl)cc2NC1=O)OC(C(=O)NC1CC1)c1ccccc1. The molecular formula is C21H19ClN2O4S. The van der Waals surface area contributed by atoms with Crippen LogP contribution in [0.1, 0.15) is 30.9 Å². The summed E-state index contributed by atoms with van der Waals surface area (Å²) in [4.78, 5) is 38.4. The van der Waals surface area contributed by atoms with Crippen molar-refractivity contribution in [2.45, 2.75) is 41.6 Å². The minimum Gasteiger partial charge on any atom is -0.447 e. The lowest BCUT2D eigenvalue weighted by Gasteiger charge is -2.24. The Kier molecular flexibility index (Phi) is 5.78. The predicted octanol–water partition coefficient (Wildman–Crippen LogP) is 3.71. The normalized spacial score (nSPS) is 18.9. The van der Waals surface area contributed by atoms with Gasteiger partial charge < -0.3 is 15.4 Å². The quantitative estimate of drug-likeness (QED) is 0.682. The summed E-state index contributed by atoms with van der Waals surface area (Å²) in [7, 11) is 0. The van der Waals surface area contributed by atoms with Crippen LogP contribution in [0.5, 0.6) is 0 Å². The van der Waals surface area contributed by atoms with Gasteiger partial charge in [-0.15, -0.1) is 11.8 Å². The highest BCUT2D eigenvalue weighted by molar-refractivity contribution is 8.01. The van der Waals surface area contributed by atoms with E-state index in [9.17, 15) is 14.4 Å². The molecule has 0 bridgehead atoms. The van der Waals surface area contributed by atoms with Crippen LogP contribution in [0, 0.1) is 0 Å². The molecule has 8 heteroatoms. The van der Waals surface area contributed by atoms with Crippen LogP contribution in [-0.4, -0.2) is 29.1 Å². The molecule has 2 unspecified atom stereocenters. The fourth-order valence-corrected chi connectivity index (χ4v) is 4.24. The summed E-state index contributed by atoms with van der Waals surface area (Å²) in [5.74, 6) is -1.23. The van der Waals surface area contributed by atoms with Crippen molar-refractivity contribution in [1.29, 1.82) is 0 Å². The molecule has 2 aromatic carbocycles. The van der Waals surface area contributed by atoms with Crippen molar-refractivity contribution in [2.24, 2.45) is 0 Å². The van der Waals surface area contributed by atoms with E-state index in [1.165, 1.54) is 11.8 Å². The zero-order valence-electron chi connectivity index (χ0n) is 15.4. The van der Waals surface area contributed by atoms with Gasteiger partial charge in [0.15, 0.2) is 0 Å². The number of hydrogen-bond donors (Lipinski definition) is 2. The number of thioether (sulfide) groups is 1. The lowest BCUT2D eigenvalue weighted by molar-refractivity contribution is -0.156. The molecule has 1 fully saturated rings. The van der Waals surface area contributed by atoms with Crippen molar-refractivity contribution in [3.05, 3.63) is 59.1 Å². The first-order valence-corrected chi connectivity index (χ1v) is 10.6. The van der Waals surface area contributed by atoms with Crippen LogP contribution in [0.2, 0.25) is 5.02 Å². The number of anilines is 1. The van der Waals surface area contributed by atoms with Crippen molar-refractivity contribution >= 4 is 46.8 Å². The molecular weight excluding hydrogens is 412 g/mol. The van der Waals surface area contributed by atoms with E-state index >= 15 is 0 Å². The Morgan fingerprint density at radius 1 is 1.21 bits per heavy atom. The molecule has 1 aliphatic carbocycles. The van der Waals surface area contributed by atoms with Gasteiger partial charge in [-0.1, -0.05) is 41.9 Å². The first-order valence-electron chi connectivity index (χ1n) is 9.31. The number of amides is 2. The van der Waals surface area contributed by atoms with E-state index < -0.39 is 17.3 Å². The molecule has 0 saturated heterocycles. The molecule has 2 aliphatic rings. The van der Waals surface area contributed by atoms with E-state index in [1.54, 1.807) is 42.5 Å². The molecule has 1 saturated carbocycles. The molecule has 0 aromatic heterocycles. The van der Waals surface area contributed by atoms with Crippen LogP contribution in [0.15, 0.2) is 53.4 Å². The van der Waals surface area contributed by atoms with Crippen molar-refractivity contribution in [3.8, 4) is 0 Å². The number of hydrogen-bond acceptors (Lipinski definition) is 5. The molecule has 0 radical (unpaired) electrons. The first-order chi connectivity index (χ1) is 14.0. The number of carbonyl (C=O) groups is 3. The van der Waals surface area contributed by atoms with Gasteiger partial charge in [-0.25, -0.2) is 0 Å². The summed E-state index contributed by atoms with van der Waals surface area (Å²) < 4.78 is 5.52. The van der Waals surface area contributed by atoms with Gasteiger partial charge in [0.05, 0.1) is 17.4 Å². The van der Waals surface area contributed by atoms with Crippen molar-refractivity contribution in [1.82, 2.24) is 5.32 Å². The molecule has 0 spiro atoms. The number of halogens is 1. The van der Waals surface area contributed by atoms with E-state index in [-0.39, 0.29) is 24.3 Å². The van der Waals surface area contributed by atoms with E-state index in [0.717, 1.165) is 17.7 Å². The molecule has 1 aliphatic heterocycles. The fraction of sp³-hybridized carbons (Fsp3) is 0.286. The van der Waals surface area contributed by atoms with Crippen LogP contribution in [0.25, 0.3) is 0 Å². The number of fused-ring (bicyclic) bond motifs is 1. The van der Waals surface area contributed by atoms with E-state index in [1.807, 2.05) is 6.07 Å². The summed E-state index contributed by atoms with van der Waals surface area (Å²) in [6, 6.07) is 14.2. The summed E-state index contributed by atoms with van der Waals surface area (Å²) >= 11 is 7.24. The van der Waals surface area contributed by atoms with E-state index in [2.05, 4.69) is 10.6 Å². The van der Waals surface area contributed by atoms with Crippen LogP contribution >= 0.6 is 23.4 Å². The monoisotopic (exact) mass is 430 g/mol. The van der Waals surface area contributed by atoms with Gasteiger partial charge in [0.2, 0.25) is 12.0 Å². The molecule has 2 aromatic rings. The third-order valence-electron chi connectivity index (χ3n) is 4.63. The summed E-state index contributed by atoms with van der Waals surface area (Å²) in [5.41, 5.74) is 1.22. The minimum absolute atomic E-state index is 0.140. The minimum atomic E-state index is -1.04. The average Bonchev–Trinajstić information content (AvgIpc) is 3.51. The molecule has 2 N–H and O–H groups in total. The molecule has 6 nitrogen and oxygen atoms in total. The van der Waals surface area contributed by atoms with Crippen molar-refractivity contribution in [3.63, 3.8) is 0 Å². The van der Waals surface area contributed by atoms with Gasteiger partial charge in [0.1, 0.15) is 0 Å². The largest absolute Gasteiger partial charge is 0.447 e. The van der Waals surface area contributed by atoms with Crippen molar-refractivity contribution in [2.75, 3.05) is 5.32 Å². The zero-order chi connectivity index (χ0) is 20.4. The Labute approximate surface area is 177 Å². The molecule has 4 rings (SSSR count). The Balaban J connectivity index is 1.44. The third-order valence-corrected chi connectivity index (χ3v) is 6.14. The number of carbonyl (C=O) groups excluding carboxylic acids is 3. The van der Waals surface area contributed by atoms with Crippen molar-refractivity contribution < 1.29 is 19.1 Å². The number of esters is 1. The maximum absolute atomic E-state index is 12.6. The molecule has 150 valence electrons. The Morgan fingerprint density at radius 2 is 1.97 bits per heavy atom. The van der Waals surface area contributed by atoms with Crippen LogP contribution in [0.3, 0.4) is 0 Å². The maximum atomic E-state index is 12.6. The van der Waals surface area contributed by atoms with Gasteiger partial charge in [-0.2, -0.15) is 0 Å². The van der Waals surface area contributed by atoms with Crippen LogP contribution in [0.4, 0.5) is 5.69 Å². The highest BCUT2D eigenvalue weighted by Gasteiger charge is 2.34. The zero-order valence-corrected chi connectivity index (χ0v) is 17.0. The number of ether oxygens (including phenoxy) is 1. The lowest BCUT2D eigenvalue weighted by atomic mass is 10.1. The Morgan fingerprint density at radius 3 is 2.69 bits per heavy atom. The summed E-state index contributed by atoms with van der Waals surface area (Å²) in [6.07, 6.45) is 0.693. The predicted molar refractivity (Wildman–Crippen MR) is 111 cm³/mol. The Bertz CT molecular complexity index is 949. The topological polar surface area (TPSA) is 84.5 Å². The fourth-order valence-electron chi connectivity index (χ4n) is 2.99. The van der Waals surface area contributed by atoms with Gasteiger partial charge in [0.25, 0.3) is 5.91 Å². The lowest BCUT2D eigenvalue weighted by Crippen LogP contribution is -2.35. The number of rotatable bonds is 6. The molecule has 2 amide bonds.